The molecule has 4 nitrogen and oxygen atoms in total. The van der Waals surface area contributed by atoms with Crippen LogP contribution >= 0.6 is 0 Å². The fourth-order valence-electron chi connectivity index (χ4n) is 1.80. The number of rotatable bonds is 2. The lowest BCUT2D eigenvalue weighted by molar-refractivity contribution is -0.383. The average molecular weight is 216 g/mol. The minimum absolute atomic E-state index is 0.0795. The fourth-order valence-corrected chi connectivity index (χ4v) is 1.80. The quantitative estimate of drug-likeness (QED) is 0.572. The van der Waals surface area contributed by atoms with Gasteiger partial charge in [0.2, 0.25) is 0 Å². The van der Waals surface area contributed by atoms with Crippen LogP contribution in [0.4, 0.5) is 5.69 Å². The molecule has 0 bridgehead atoms. The first-order valence-corrected chi connectivity index (χ1v) is 5.17. The van der Waals surface area contributed by atoms with Crippen molar-refractivity contribution in [1.82, 2.24) is 4.98 Å². The molecule has 0 fully saturated rings. The highest BCUT2D eigenvalue weighted by Crippen LogP contribution is 2.26. The molecule has 0 aliphatic carbocycles. The van der Waals surface area contributed by atoms with Gasteiger partial charge in [-0.1, -0.05) is 19.1 Å². The molecule has 0 unspecified atom stereocenters. The van der Waals surface area contributed by atoms with Crippen LogP contribution < -0.4 is 0 Å². The van der Waals surface area contributed by atoms with Gasteiger partial charge >= 0.3 is 0 Å². The maximum atomic E-state index is 10.9. The zero-order valence-electron chi connectivity index (χ0n) is 9.23. The first-order valence-electron chi connectivity index (χ1n) is 5.17. The normalized spacial score (nSPS) is 10.6. The first-order chi connectivity index (χ1) is 7.63. The van der Waals surface area contributed by atoms with Crippen LogP contribution in [0.1, 0.15) is 18.2 Å². The van der Waals surface area contributed by atoms with Crippen LogP contribution in [0.25, 0.3) is 10.9 Å². The topological polar surface area (TPSA) is 56.0 Å². The Balaban J connectivity index is 2.85. The summed E-state index contributed by atoms with van der Waals surface area (Å²) in [5.41, 5.74) is 2.49. The van der Waals surface area contributed by atoms with Gasteiger partial charge in [0.1, 0.15) is 5.52 Å². The van der Waals surface area contributed by atoms with E-state index in [1.807, 2.05) is 26.0 Å². The van der Waals surface area contributed by atoms with E-state index in [4.69, 9.17) is 0 Å². The molecular weight excluding hydrogens is 204 g/mol. The maximum Gasteiger partial charge on any atom is 0.295 e. The van der Waals surface area contributed by atoms with E-state index < -0.39 is 0 Å². The van der Waals surface area contributed by atoms with Crippen LogP contribution in [0.2, 0.25) is 0 Å². The van der Waals surface area contributed by atoms with E-state index in [1.54, 1.807) is 6.07 Å². The smallest absolute Gasteiger partial charge is 0.258 e. The Morgan fingerprint density at radius 3 is 2.81 bits per heavy atom. The van der Waals surface area contributed by atoms with Crippen LogP contribution in [0.3, 0.4) is 0 Å². The highest BCUT2D eigenvalue weighted by Gasteiger charge is 2.14. The third kappa shape index (κ3) is 1.62. The van der Waals surface area contributed by atoms with Gasteiger partial charge in [0.05, 0.1) is 4.92 Å². The van der Waals surface area contributed by atoms with E-state index in [9.17, 15) is 10.1 Å². The summed E-state index contributed by atoms with van der Waals surface area (Å²) in [6.45, 7) is 3.94. The molecule has 2 rings (SSSR count). The standard InChI is InChI=1S/C12H12N2O2/c1-3-9-7-8(2)10-5-4-6-11(14(15)16)12(10)13-9/h4-7H,3H2,1-2H3. The minimum Gasteiger partial charge on any atom is -0.258 e. The first kappa shape index (κ1) is 10.5. The van der Waals surface area contributed by atoms with E-state index in [0.29, 0.717) is 5.52 Å². The molecule has 4 heteroatoms. The predicted octanol–water partition coefficient (Wildman–Crippen LogP) is 3.01. The van der Waals surface area contributed by atoms with Crippen LogP contribution in [0, 0.1) is 17.0 Å². The minimum atomic E-state index is -0.381. The van der Waals surface area contributed by atoms with Crippen molar-refractivity contribution < 1.29 is 4.92 Å². The Morgan fingerprint density at radius 2 is 2.19 bits per heavy atom. The average Bonchev–Trinajstić information content (AvgIpc) is 2.28. The van der Waals surface area contributed by atoms with Crippen molar-refractivity contribution in [2.75, 3.05) is 0 Å². The molecular formula is C12H12N2O2. The molecule has 0 saturated heterocycles. The lowest BCUT2D eigenvalue weighted by Crippen LogP contribution is -1.96. The maximum absolute atomic E-state index is 10.9. The number of hydrogen-bond donors (Lipinski definition) is 0. The lowest BCUT2D eigenvalue weighted by Gasteiger charge is -2.04. The number of nitro groups is 1. The highest BCUT2D eigenvalue weighted by molar-refractivity contribution is 5.89. The number of aryl methyl sites for hydroxylation is 2. The van der Waals surface area contributed by atoms with Crippen LogP contribution in [-0.4, -0.2) is 9.91 Å². The molecule has 0 N–H and O–H groups in total. The highest BCUT2D eigenvalue weighted by atomic mass is 16.6. The van der Waals surface area contributed by atoms with E-state index in [-0.39, 0.29) is 10.6 Å². The number of benzene rings is 1. The number of hydrogen-bond acceptors (Lipinski definition) is 3. The largest absolute Gasteiger partial charge is 0.295 e. The molecule has 1 aromatic heterocycles. The van der Waals surface area contributed by atoms with Gasteiger partial charge in [-0.25, -0.2) is 4.98 Å². The number of nitro benzene ring substituents is 1. The van der Waals surface area contributed by atoms with Crippen molar-refractivity contribution in [3.8, 4) is 0 Å². The summed E-state index contributed by atoms with van der Waals surface area (Å²) in [4.78, 5) is 14.8. The van der Waals surface area contributed by atoms with Crippen molar-refractivity contribution in [3.05, 3.63) is 45.6 Å². The van der Waals surface area contributed by atoms with Crippen LogP contribution in [0.5, 0.6) is 0 Å². The Hall–Kier alpha value is -1.97. The third-order valence-corrected chi connectivity index (χ3v) is 2.64. The van der Waals surface area contributed by atoms with Gasteiger partial charge in [-0.3, -0.25) is 10.1 Å². The summed E-state index contributed by atoms with van der Waals surface area (Å²) >= 11 is 0. The van der Waals surface area contributed by atoms with Crippen molar-refractivity contribution >= 4 is 16.6 Å². The van der Waals surface area contributed by atoms with Crippen molar-refractivity contribution in [2.24, 2.45) is 0 Å². The Labute approximate surface area is 93.1 Å². The lowest BCUT2D eigenvalue weighted by atomic mass is 10.1. The van der Waals surface area contributed by atoms with Gasteiger partial charge in [-0.05, 0) is 25.0 Å². The molecule has 1 aromatic carbocycles. The summed E-state index contributed by atoms with van der Waals surface area (Å²) in [7, 11) is 0. The summed E-state index contributed by atoms with van der Waals surface area (Å²) in [5, 5.41) is 11.7. The molecule has 0 radical (unpaired) electrons. The van der Waals surface area contributed by atoms with E-state index in [1.165, 1.54) is 6.07 Å². The molecule has 0 aliphatic heterocycles. The molecule has 0 spiro atoms. The monoisotopic (exact) mass is 216 g/mol. The Kier molecular flexibility index (Phi) is 2.56. The van der Waals surface area contributed by atoms with Gasteiger partial charge in [-0.15, -0.1) is 0 Å². The second-order valence-electron chi connectivity index (χ2n) is 3.71. The molecule has 0 saturated carbocycles. The van der Waals surface area contributed by atoms with Crippen LogP contribution in [0.15, 0.2) is 24.3 Å². The molecule has 2 aromatic rings. The number of nitrogens with zero attached hydrogens (tertiary/aromatic N) is 2. The SMILES string of the molecule is CCc1cc(C)c2cccc([N+](=O)[O-])c2n1. The van der Waals surface area contributed by atoms with Gasteiger partial charge in [0, 0.05) is 17.1 Å². The number of pyridine rings is 1. The summed E-state index contributed by atoms with van der Waals surface area (Å²) in [6, 6.07) is 7.03. The molecule has 82 valence electrons. The van der Waals surface area contributed by atoms with Crippen LogP contribution in [-0.2, 0) is 6.42 Å². The zero-order valence-corrected chi connectivity index (χ0v) is 9.23. The summed E-state index contributed by atoms with van der Waals surface area (Å²) in [5.74, 6) is 0. The number of non-ortho nitro benzene ring substituents is 1. The van der Waals surface area contributed by atoms with Gasteiger partial charge < -0.3 is 0 Å². The number of aromatic nitrogens is 1. The molecule has 0 amide bonds. The third-order valence-electron chi connectivity index (χ3n) is 2.64. The molecule has 0 atom stereocenters. The van der Waals surface area contributed by atoms with Crippen molar-refractivity contribution in [3.63, 3.8) is 0 Å². The van der Waals surface area contributed by atoms with Gasteiger partial charge in [0.15, 0.2) is 0 Å². The second kappa shape index (κ2) is 3.89. The van der Waals surface area contributed by atoms with Gasteiger partial charge in [0.25, 0.3) is 5.69 Å². The Morgan fingerprint density at radius 1 is 1.44 bits per heavy atom. The number of fused-ring (bicyclic) bond motifs is 1. The summed E-state index contributed by atoms with van der Waals surface area (Å²) in [6.07, 6.45) is 0.781. The van der Waals surface area contributed by atoms with Crippen molar-refractivity contribution in [2.45, 2.75) is 20.3 Å². The fraction of sp³-hybridized carbons (Fsp3) is 0.250. The molecule has 0 aliphatic rings. The van der Waals surface area contributed by atoms with E-state index in [0.717, 1.165) is 23.1 Å². The van der Waals surface area contributed by atoms with Gasteiger partial charge in [-0.2, -0.15) is 0 Å². The molecule has 16 heavy (non-hydrogen) atoms. The molecule has 1 heterocycles. The van der Waals surface area contributed by atoms with E-state index in [2.05, 4.69) is 4.98 Å². The van der Waals surface area contributed by atoms with Crippen molar-refractivity contribution in [1.29, 1.82) is 0 Å². The zero-order chi connectivity index (χ0) is 11.7. The predicted molar refractivity (Wildman–Crippen MR) is 62.5 cm³/mol. The number of para-hydroxylation sites is 1. The van der Waals surface area contributed by atoms with E-state index >= 15 is 0 Å². The second-order valence-corrected chi connectivity index (χ2v) is 3.71. The summed E-state index contributed by atoms with van der Waals surface area (Å²) < 4.78 is 0. The Bertz CT molecular complexity index is 564.